The molecule has 0 spiro atoms. The fourth-order valence-corrected chi connectivity index (χ4v) is 4.26. The number of piperidine rings is 1. The second kappa shape index (κ2) is 10.9. The predicted octanol–water partition coefficient (Wildman–Crippen LogP) is 6.14. The molecule has 1 atom stereocenters. The molecule has 0 bridgehead atoms. The highest BCUT2D eigenvalue weighted by atomic mass is 19.4. The molecule has 0 radical (unpaired) electrons. The lowest BCUT2D eigenvalue weighted by Crippen LogP contribution is -2.39. The highest BCUT2D eigenvalue weighted by molar-refractivity contribution is 6.01. The van der Waals surface area contributed by atoms with E-state index in [9.17, 15) is 22.8 Å². The quantitative estimate of drug-likeness (QED) is 0.388. The number of benzene rings is 1. The Morgan fingerprint density at radius 1 is 1.19 bits per heavy atom. The Kier molecular flexibility index (Phi) is 7.66. The number of likely N-dealkylation sites (tertiary alicyclic amines) is 1. The fourth-order valence-electron chi connectivity index (χ4n) is 4.26. The first-order valence-corrected chi connectivity index (χ1v) is 11.9. The Balaban J connectivity index is 1.42. The van der Waals surface area contributed by atoms with Crippen molar-refractivity contribution in [1.29, 1.82) is 0 Å². The van der Waals surface area contributed by atoms with Gasteiger partial charge in [-0.1, -0.05) is 12.1 Å². The molecule has 3 aromatic rings. The molecule has 37 heavy (non-hydrogen) atoms. The summed E-state index contributed by atoms with van der Waals surface area (Å²) < 4.78 is 44.2. The third kappa shape index (κ3) is 6.58. The predicted molar refractivity (Wildman–Crippen MR) is 133 cm³/mol. The van der Waals surface area contributed by atoms with Crippen molar-refractivity contribution in [3.63, 3.8) is 0 Å². The largest absolute Gasteiger partial charge is 0.462 e. The monoisotopic (exact) mass is 512 g/mol. The third-order valence-corrected chi connectivity index (χ3v) is 6.07. The van der Waals surface area contributed by atoms with Crippen LogP contribution < -0.4 is 5.32 Å². The van der Waals surface area contributed by atoms with Crippen molar-refractivity contribution in [2.24, 2.45) is 0 Å². The fraction of sp³-hybridized carbons (Fsp3) is 0.296. The zero-order chi connectivity index (χ0) is 26.6. The lowest BCUT2D eigenvalue weighted by Gasteiger charge is -2.35. The first kappa shape index (κ1) is 26.0. The average Bonchev–Trinajstić information content (AvgIpc) is 3.50. The number of amides is 2. The lowest BCUT2D eigenvalue weighted by atomic mass is 9.98. The lowest BCUT2D eigenvalue weighted by molar-refractivity contribution is -0.137. The van der Waals surface area contributed by atoms with Crippen LogP contribution in [-0.4, -0.2) is 33.5 Å². The van der Waals surface area contributed by atoms with Crippen molar-refractivity contribution >= 4 is 29.8 Å². The standard InChI is InChI=1S/C27H27F3N4O3/c1-17(14-21-11-9-18(2)37-21)26(36)34-13-4-3-8-23(34)22-16-24(33-32-22)31-25(35)12-10-19-6-5-7-20(15-19)27(28,29)30/h5-7,9-12,14-16,23H,3-4,8,13H2,1-2H3,(H2,31,32,33,35)/b12-10+,17-14-. The van der Waals surface area contributed by atoms with Crippen molar-refractivity contribution in [2.45, 2.75) is 45.3 Å². The van der Waals surface area contributed by atoms with Crippen molar-refractivity contribution in [3.8, 4) is 0 Å². The molecule has 0 saturated carbocycles. The van der Waals surface area contributed by atoms with Crippen LogP contribution >= 0.6 is 0 Å². The van der Waals surface area contributed by atoms with E-state index < -0.39 is 17.6 Å². The topological polar surface area (TPSA) is 91.2 Å². The molecule has 4 rings (SSSR count). The van der Waals surface area contributed by atoms with Crippen molar-refractivity contribution in [3.05, 3.63) is 82.5 Å². The van der Waals surface area contributed by atoms with Gasteiger partial charge in [0.25, 0.3) is 0 Å². The zero-order valence-electron chi connectivity index (χ0n) is 20.4. The van der Waals surface area contributed by atoms with Gasteiger partial charge in [0.05, 0.1) is 17.3 Å². The molecular weight excluding hydrogens is 485 g/mol. The number of aromatic amines is 1. The number of aryl methyl sites for hydroxylation is 1. The van der Waals surface area contributed by atoms with Crippen molar-refractivity contribution in [1.82, 2.24) is 15.1 Å². The van der Waals surface area contributed by atoms with Gasteiger partial charge < -0.3 is 14.6 Å². The number of aromatic nitrogens is 2. The van der Waals surface area contributed by atoms with E-state index in [4.69, 9.17) is 4.42 Å². The summed E-state index contributed by atoms with van der Waals surface area (Å²) in [6, 6.07) is 9.77. The third-order valence-electron chi connectivity index (χ3n) is 6.07. The van der Waals surface area contributed by atoms with Gasteiger partial charge in [-0.3, -0.25) is 14.7 Å². The molecule has 7 nitrogen and oxygen atoms in total. The number of carbonyl (C=O) groups excluding carboxylic acids is 2. The number of hydrogen-bond acceptors (Lipinski definition) is 4. The molecule has 1 unspecified atom stereocenters. The Morgan fingerprint density at radius 3 is 2.73 bits per heavy atom. The van der Waals surface area contributed by atoms with E-state index in [-0.39, 0.29) is 23.3 Å². The number of halogens is 3. The van der Waals surface area contributed by atoms with Gasteiger partial charge in [0.1, 0.15) is 11.5 Å². The summed E-state index contributed by atoms with van der Waals surface area (Å²) in [4.78, 5) is 27.3. The average molecular weight is 513 g/mol. The van der Waals surface area contributed by atoms with Gasteiger partial charge in [-0.15, -0.1) is 0 Å². The summed E-state index contributed by atoms with van der Waals surface area (Å²) >= 11 is 0. The Morgan fingerprint density at radius 2 is 2.00 bits per heavy atom. The first-order valence-electron chi connectivity index (χ1n) is 11.9. The Bertz CT molecular complexity index is 1340. The maximum absolute atomic E-state index is 13.2. The Hall–Kier alpha value is -4.08. The SMILES string of the molecule is C/C(=C/c1ccc(C)o1)C(=O)N1CCCCC1c1cc(NC(=O)/C=C/c2cccc(C(F)(F)F)c2)n[nH]1. The number of alkyl halides is 3. The molecule has 1 aliphatic rings. The summed E-state index contributed by atoms with van der Waals surface area (Å²) in [6.07, 6.45) is 2.26. The molecule has 10 heteroatoms. The van der Waals surface area contributed by atoms with Gasteiger partial charge in [-0.25, -0.2) is 0 Å². The number of rotatable bonds is 6. The van der Waals surface area contributed by atoms with Crippen molar-refractivity contribution in [2.75, 3.05) is 11.9 Å². The summed E-state index contributed by atoms with van der Waals surface area (Å²) in [5.41, 5.74) is 0.695. The zero-order valence-corrected chi connectivity index (χ0v) is 20.4. The highest BCUT2D eigenvalue weighted by Crippen LogP contribution is 2.32. The molecule has 1 aliphatic heterocycles. The molecule has 0 aliphatic carbocycles. The number of carbonyl (C=O) groups is 2. The summed E-state index contributed by atoms with van der Waals surface area (Å²) in [7, 11) is 0. The van der Waals surface area contributed by atoms with Gasteiger partial charge in [-0.05, 0) is 75.1 Å². The maximum atomic E-state index is 13.2. The van der Waals surface area contributed by atoms with E-state index in [1.165, 1.54) is 18.2 Å². The number of anilines is 1. The molecule has 1 fully saturated rings. The number of hydrogen-bond donors (Lipinski definition) is 2. The molecular formula is C27H27F3N4O3. The number of nitrogens with zero attached hydrogens (tertiary/aromatic N) is 2. The van der Waals surface area contributed by atoms with Crippen LogP contribution in [0.1, 0.15) is 60.6 Å². The van der Waals surface area contributed by atoms with Crippen LogP contribution in [0, 0.1) is 6.92 Å². The molecule has 2 amide bonds. The number of nitrogens with one attached hydrogen (secondary N) is 2. The summed E-state index contributed by atoms with van der Waals surface area (Å²) in [5, 5.41) is 9.65. The van der Waals surface area contributed by atoms with E-state index >= 15 is 0 Å². The van der Waals surface area contributed by atoms with E-state index in [2.05, 4.69) is 15.5 Å². The molecule has 194 valence electrons. The van der Waals surface area contributed by atoms with Gasteiger partial charge >= 0.3 is 6.18 Å². The Labute approximate surface area is 212 Å². The molecule has 2 N–H and O–H groups in total. The van der Waals surface area contributed by atoms with Gasteiger partial charge in [0.15, 0.2) is 5.82 Å². The molecule has 1 saturated heterocycles. The molecule has 2 aromatic heterocycles. The minimum atomic E-state index is -4.46. The van der Waals surface area contributed by atoms with E-state index in [1.54, 1.807) is 24.0 Å². The van der Waals surface area contributed by atoms with Crippen LogP contribution in [0.15, 0.2) is 58.5 Å². The van der Waals surface area contributed by atoms with Gasteiger partial charge in [0, 0.05) is 24.3 Å². The smallest absolute Gasteiger partial charge is 0.416 e. The summed E-state index contributed by atoms with van der Waals surface area (Å²) in [5.74, 6) is 0.980. The normalized spacial score (nSPS) is 16.8. The molecule has 3 heterocycles. The minimum Gasteiger partial charge on any atom is -0.462 e. The highest BCUT2D eigenvalue weighted by Gasteiger charge is 2.31. The van der Waals surface area contributed by atoms with Crippen LogP contribution in [0.3, 0.4) is 0 Å². The van der Waals surface area contributed by atoms with E-state index in [1.807, 2.05) is 19.1 Å². The minimum absolute atomic E-state index is 0.108. The van der Waals surface area contributed by atoms with Gasteiger partial charge in [-0.2, -0.15) is 18.3 Å². The second-order valence-corrected chi connectivity index (χ2v) is 8.94. The van der Waals surface area contributed by atoms with Crippen LogP contribution in [0.4, 0.5) is 19.0 Å². The number of furan rings is 1. The van der Waals surface area contributed by atoms with Crippen LogP contribution in [-0.2, 0) is 15.8 Å². The first-order chi connectivity index (χ1) is 17.6. The van der Waals surface area contributed by atoms with Gasteiger partial charge in [0.2, 0.25) is 11.8 Å². The van der Waals surface area contributed by atoms with E-state index in [0.29, 0.717) is 23.6 Å². The second-order valence-electron chi connectivity index (χ2n) is 8.94. The van der Waals surface area contributed by atoms with Crippen LogP contribution in [0.2, 0.25) is 0 Å². The molecule has 1 aromatic carbocycles. The maximum Gasteiger partial charge on any atom is 0.416 e. The van der Waals surface area contributed by atoms with E-state index in [0.717, 1.165) is 43.2 Å². The van der Waals surface area contributed by atoms with Crippen LogP contribution in [0.25, 0.3) is 12.2 Å². The van der Waals surface area contributed by atoms with Crippen molar-refractivity contribution < 1.29 is 27.2 Å². The van der Waals surface area contributed by atoms with Crippen LogP contribution in [0.5, 0.6) is 0 Å². The number of H-pyrrole nitrogens is 1. The summed E-state index contributed by atoms with van der Waals surface area (Å²) in [6.45, 7) is 4.18.